The minimum atomic E-state index is -1.27. The Morgan fingerprint density at radius 2 is 1.89 bits per heavy atom. The van der Waals surface area contributed by atoms with E-state index in [2.05, 4.69) is 6.07 Å². The zero-order valence-electron chi connectivity index (χ0n) is 15.7. The van der Waals surface area contributed by atoms with Gasteiger partial charge in [-0.25, -0.2) is 14.0 Å². The summed E-state index contributed by atoms with van der Waals surface area (Å²) >= 11 is 0. The first-order valence-corrected chi connectivity index (χ1v) is 8.66. The third kappa shape index (κ3) is 3.81. The molecule has 0 radical (unpaired) electrons. The summed E-state index contributed by atoms with van der Waals surface area (Å²) in [4.78, 5) is 25.6. The second-order valence-electron chi connectivity index (χ2n) is 7.60. The Morgan fingerprint density at radius 3 is 2.50 bits per heavy atom. The zero-order chi connectivity index (χ0) is 20.6. The van der Waals surface area contributed by atoms with Crippen LogP contribution in [0.25, 0.3) is 11.1 Å². The lowest BCUT2D eigenvalue weighted by molar-refractivity contribution is 0.0241. The predicted molar refractivity (Wildman–Crippen MR) is 99.0 cm³/mol. The molecule has 0 aliphatic carbocycles. The fourth-order valence-electron chi connectivity index (χ4n) is 3.20. The van der Waals surface area contributed by atoms with Crippen LogP contribution in [0.5, 0.6) is 0 Å². The quantitative estimate of drug-likeness (QED) is 0.836. The maximum atomic E-state index is 13.6. The lowest BCUT2D eigenvalue weighted by Crippen LogP contribution is -2.33. The topological polar surface area (TPSA) is 90.6 Å². The molecule has 0 spiro atoms. The highest BCUT2D eigenvalue weighted by molar-refractivity contribution is 5.97. The molecular weight excluding hydrogens is 363 g/mol. The van der Waals surface area contributed by atoms with Crippen molar-refractivity contribution in [1.29, 1.82) is 5.26 Å². The number of amides is 1. The molecule has 0 aromatic heterocycles. The number of carbonyl (C=O) groups is 2. The Bertz CT molecular complexity index is 1020. The fourth-order valence-corrected chi connectivity index (χ4v) is 3.20. The van der Waals surface area contributed by atoms with Crippen LogP contribution in [0.1, 0.15) is 47.8 Å². The number of nitriles is 1. The minimum Gasteiger partial charge on any atom is -0.478 e. The van der Waals surface area contributed by atoms with Gasteiger partial charge in [0.05, 0.1) is 23.7 Å². The summed E-state index contributed by atoms with van der Waals surface area (Å²) in [5.74, 6) is -1.93. The molecule has 6 nitrogen and oxygen atoms in total. The summed E-state index contributed by atoms with van der Waals surface area (Å²) in [6.07, 6.45) is -0.495. The monoisotopic (exact) mass is 382 g/mol. The van der Waals surface area contributed by atoms with Crippen molar-refractivity contribution < 1.29 is 23.8 Å². The number of hydrogen-bond acceptors (Lipinski definition) is 4. The molecule has 2 aromatic rings. The molecule has 7 heteroatoms. The molecule has 144 valence electrons. The van der Waals surface area contributed by atoms with E-state index in [9.17, 15) is 24.3 Å². The molecule has 1 aliphatic rings. The van der Waals surface area contributed by atoms with E-state index in [0.29, 0.717) is 16.7 Å². The maximum absolute atomic E-state index is 13.6. The van der Waals surface area contributed by atoms with Gasteiger partial charge in [-0.05, 0) is 67.3 Å². The Morgan fingerprint density at radius 1 is 1.18 bits per heavy atom. The van der Waals surface area contributed by atoms with Crippen molar-refractivity contribution in [3.63, 3.8) is 0 Å². The Labute approximate surface area is 161 Å². The fraction of sp³-hybridized carbons (Fsp3) is 0.286. The molecule has 0 saturated heterocycles. The number of carboxylic acid groups (broad SMARTS) is 1. The van der Waals surface area contributed by atoms with Crippen molar-refractivity contribution in [3.05, 3.63) is 58.4 Å². The van der Waals surface area contributed by atoms with E-state index in [-0.39, 0.29) is 18.7 Å². The van der Waals surface area contributed by atoms with Crippen LogP contribution in [-0.2, 0) is 17.8 Å². The van der Waals surface area contributed by atoms with E-state index >= 15 is 0 Å². The average molecular weight is 382 g/mol. The van der Waals surface area contributed by atoms with Gasteiger partial charge in [0.1, 0.15) is 11.4 Å². The van der Waals surface area contributed by atoms with Gasteiger partial charge < -0.3 is 9.84 Å². The van der Waals surface area contributed by atoms with Gasteiger partial charge in [0.15, 0.2) is 0 Å². The molecule has 1 N–H and O–H groups in total. The summed E-state index contributed by atoms with van der Waals surface area (Å²) in [5.41, 5.74) is 1.73. The van der Waals surface area contributed by atoms with Crippen LogP contribution in [-0.4, -0.2) is 27.7 Å². The highest BCUT2D eigenvalue weighted by Gasteiger charge is 2.30. The number of halogens is 1. The molecule has 0 fully saturated rings. The van der Waals surface area contributed by atoms with Crippen molar-refractivity contribution in [2.45, 2.75) is 39.5 Å². The maximum Gasteiger partial charge on any atom is 0.410 e. The van der Waals surface area contributed by atoms with Crippen molar-refractivity contribution in [1.82, 2.24) is 4.90 Å². The van der Waals surface area contributed by atoms with Gasteiger partial charge in [-0.2, -0.15) is 5.26 Å². The Kier molecular flexibility index (Phi) is 4.82. The standard InChI is InChI=1S/C21H19FN2O4/c1-21(2,3)28-20(27)24-10-13-6-12(9-23)7-16(18(13)11-24)15-5-4-14(22)8-17(15)19(25)26/h4-8H,10-11H2,1-3H3,(H,25,26). The van der Waals surface area contributed by atoms with Crippen LogP contribution in [0.4, 0.5) is 9.18 Å². The van der Waals surface area contributed by atoms with Crippen molar-refractivity contribution >= 4 is 12.1 Å². The summed E-state index contributed by atoms with van der Waals surface area (Å²) < 4.78 is 19.0. The number of ether oxygens (including phenoxy) is 1. The first-order chi connectivity index (χ1) is 13.1. The molecule has 3 rings (SSSR count). The molecule has 0 unspecified atom stereocenters. The van der Waals surface area contributed by atoms with Gasteiger partial charge >= 0.3 is 12.1 Å². The molecule has 28 heavy (non-hydrogen) atoms. The molecule has 0 saturated carbocycles. The first-order valence-electron chi connectivity index (χ1n) is 8.66. The van der Waals surface area contributed by atoms with Crippen molar-refractivity contribution in [2.24, 2.45) is 0 Å². The van der Waals surface area contributed by atoms with Crippen molar-refractivity contribution in [3.8, 4) is 17.2 Å². The molecule has 1 aliphatic heterocycles. The lowest BCUT2D eigenvalue weighted by Gasteiger charge is -2.24. The van der Waals surface area contributed by atoms with Crippen LogP contribution < -0.4 is 0 Å². The summed E-state index contributed by atoms with van der Waals surface area (Å²) in [6.45, 7) is 5.76. The molecular formula is C21H19FN2O4. The van der Waals surface area contributed by atoms with E-state index in [1.807, 2.05) is 0 Å². The van der Waals surface area contributed by atoms with Crippen LogP contribution >= 0.6 is 0 Å². The third-order valence-electron chi connectivity index (χ3n) is 4.34. The number of hydrogen-bond donors (Lipinski definition) is 1. The van der Waals surface area contributed by atoms with Crippen LogP contribution in [0, 0.1) is 17.1 Å². The number of carbonyl (C=O) groups excluding carboxylic acids is 1. The van der Waals surface area contributed by atoms with Gasteiger partial charge in [-0.1, -0.05) is 6.07 Å². The smallest absolute Gasteiger partial charge is 0.410 e. The van der Waals surface area contributed by atoms with Crippen LogP contribution in [0.2, 0.25) is 0 Å². The molecule has 2 aromatic carbocycles. The normalized spacial score (nSPS) is 13.0. The number of nitrogens with zero attached hydrogens (tertiary/aromatic N) is 2. The van der Waals surface area contributed by atoms with Gasteiger partial charge in [0.25, 0.3) is 0 Å². The largest absolute Gasteiger partial charge is 0.478 e. The summed E-state index contributed by atoms with van der Waals surface area (Å²) in [6, 6.07) is 8.80. The van der Waals surface area contributed by atoms with E-state index in [1.165, 1.54) is 17.0 Å². The van der Waals surface area contributed by atoms with E-state index < -0.39 is 23.5 Å². The van der Waals surface area contributed by atoms with E-state index in [4.69, 9.17) is 4.74 Å². The Balaban J connectivity index is 2.09. The number of carboxylic acids is 1. The van der Waals surface area contributed by atoms with Gasteiger partial charge in [-0.15, -0.1) is 0 Å². The first kappa shape index (κ1) is 19.4. The highest BCUT2D eigenvalue weighted by atomic mass is 19.1. The number of rotatable bonds is 2. The second-order valence-corrected chi connectivity index (χ2v) is 7.60. The SMILES string of the molecule is CC(C)(C)OC(=O)N1Cc2cc(C#N)cc(-c3ccc(F)cc3C(=O)O)c2C1. The minimum absolute atomic E-state index is 0.201. The number of fused-ring (bicyclic) bond motifs is 1. The van der Waals surface area contributed by atoms with Gasteiger partial charge in [0, 0.05) is 6.54 Å². The van der Waals surface area contributed by atoms with Crippen LogP contribution in [0.15, 0.2) is 30.3 Å². The van der Waals surface area contributed by atoms with Crippen LogP contribution in [0.3, 0.4) is 0 Å². The molecule has 0 bridgehead atoms. The zero-order valence-corrected chi connectivity index (χ0v) is 15.7. The average Bonchev–Trinajstić information content (AvgIpc) is 3.03. The Hall–Kier alpha value is -3.40. The second kappa shape index (κ2) is 6.97. The molecule has 1 heterocycles. The highest BCUT2D eigenvalue weighted by Crippen LogP contribution is 2.36. The lowest BCUT2D eigenvalue weighted by atomic mass is 9.91. The predicted octanol–water partition coefficient (Wildman–Crippen LogP) is 4.31. The number of benzene rings is 2. The van der Waals surface area contributed by atoms with Gasteiger partial charge in [-0.3, -0.25) is 4.90 Å². The van der Waals surface area contributed by atoms with Gasteiger partial charge in [0.2, 0.25) is 0 Å². The molecule has 1 amide bonds. The van der Waals surface area contributed by atoms with E-state index in [0.717, 1.165) is 17.2 Å². The van der Waals surface area contributed by atoms with E-state index in [1.54, 1.807) is 32.9 Å². The third-order valence-corrected chi connectivity index (χ3v) is 4.34. The summed E-state index contributed by atoms with van der Waals surface area (Å²) in [7, 11) is 0. The molecule has 0 atom stereocenters. The summed E-state index contributed by atoms with van der Waals surface area (Å²) in [5, 5.41) is 18.8. The number of aromatic carboxylic acids is 1. The van der Waals surface area contributed by atoms with Crippen molar-refractivity contribution in [2.75, 3.05) is 0 Å².